The van der Waals surface area contributed by atoms with Gasteiger partial charge in [-0.3, -0.25) is 14.4 Å². The van der Waals surface area contributed by atoms with Crippen LogP contribution in [0.4, 0.5) is 10.1 Å². The summed E-state index contributed by atoms with van der Waals surface area (Å²) in [7, 11) is 1.49. The van der Waals surface area contributed by atoms with Crippen molar-refractivity contribution in [3.05, 3.63) is 53.8 Å². The molecular weight excluding hydrogens is 411 g/mol. The Morgan fingerprint density at radius 1 is 1.07 bits per heavy atom. The molecular formula is C21H23FN2O5S. The second kappa shape index (κ2) is 11.8. The van der Waals surface area contributed by atoms with Gasteiger partial charge >= 0.3 is 5.97 Å². The molecule has 9 heteroatoms. The average molecular weight is 434 g/mol. The van der Waals surface area contributed by atoms with E-state index >= 15 is 0 Å². The summed E-state index contributed by atoms with van der Waals surface area (Å²) in [5.74, 6) is -0.930. The van der Waals surface area contributed by atoms with Gasteiger partial charge in [0.05, 0.1) is 25.8 Å². The van der Waals surface area contributed by atoms with Gasteiger partial charge in [-0.15, -0.1) is 11.8 Å². The molecule has 0 fully saturated rings. The number of hydrogen-bond acceptors (Lipinski definition) is 6. The highest BCUT2D eigenvalue weighted by atomic mass is 32.2. The van der Waals surface area contributed by atoms with Gasteiger partial charge in [0.15, 0.2) is 6.61 Å². The number of aryl methyl sites for hydroxylation is 1. The van der Waals surface area contributed by atoms with E-state index in [9.17, 15) is 18.8 Å². The molecule has 0 saturated heterocycles. The van der Waals surface area contributed by atoms with Crippen molar-refractivity contribution in [1.82, 2.24) is 5.32 Å². The third-order valence-electron chi connectivity index (χ3n) is 3.83. The molecule has 0 aromatic heterocycles. The lowest BCUT2D eigenvalue weighted by molar-refractivity contribution is -0.148. The summed E-state index contributed by atoms with van der Waals surface area (Å²) >= 11 is 1.38. The molecule has 2 aromatic rings. The first-order valence-electron chi connectivity index (χ1n) is 9.12. The van der Waals surface area contributed by atoms with Crippen LogP contribution in [-0.2, 0) is 19.1 Å². The smallest absolute Gasteiger partial charge is 0.307 e. The van der Waals surface area contributed by atoms with E-state index < -0.39 is 24.4 Å². The Bertz CT molecular complexity index is 889. The molecule has 2 amide bonds. The second-order valence-electron chi connectivity index (χ2n) is 6.24. The Morgan fingerprint density at radius 3 is 2.50 bits per heavy atom. The fraction of sp³-hybridized carbons (Fsp3) is 0.286. The normalized spacial score (nSPS) is 10.2. The predicted octanol–water partition coefficient (Wildman–Crippen LogP) is 2.92. The van der Waals surface area contributed by atoms with Gasteiger partial charge in [-0.1, -0.05) is 6.07 Å². The Morgan fingerprint density at radius 2 is 1.80 bits per heavy atom. The number of methoxy groups -OCH3 is 1. The number of esters is 1. The number of carbonyl (C=O) groups is 3. The van der Waals surface area contributed by atoms with Crippen LogP contribution in [0.15, 0.2) is 47.4 Å². The highest BCUT2D eigenvalue weighted by Crippen LogP contribution is 2.25. The van der Waals surface area contributed by atoms with Crippen LogP contribution < -0.4 is 15.4 Å². The molecule has 160 valence electrons. The number of carbonyl (C=O) groups excluding carboxylic acids is 3. The van der Waals surface area contributed by atoms with Crippen LogP contribution in [0.5, 0.6) is 5.75 Å². The maximum Gasteiger partial charge on any atom is 0.307 e. The largest absolute Gasteiger partial charge is 0.495 e. The van der Waals surface area contributed by atoms with Crippen LogP contribution in [0, 0.1) is 12.7 Å². The molecule has 2 N–H and O–H groups in total. The molecule has 7 nitrogen and oxygen atoms in total. The Kier molecular flexibility index (Phi) is 9.14. The summed E-state index contributed by atoms with van der Waals surface area (Å²) in [5.41, 5.74) is 1.45. The molecule has 30 heavy (non-hydrogen) atoms. The Balaban J connectivity index is 1.64. The third-order valence-corrected chi connectivity index (χ3v) is 4.84. The average Bonchev–Trinajstić information content (AvgIpc) is 2.72. The molecule has 0 saturated carbocycles. The van der Waals surface area contributed by atoms with Gasteiger partial charge in [0.1, 0.15) is 11.6 Å². The van der Waals surface area contributed by atoms with Gasteiger partial charge in [-0.25, -0.2) is 4.39 Å². The van der Waals surface area contributed by atoms with E-state index in [4.69, 9.17) is 9.47 Å². The molecule has 0 aliphatic rings. The zero-order chi connectivity index (χ0) is 21.9. The number of ether oxygens (including phenoxy) is 2. The molecule has 0 spiro atoms. The van der Waals surface area contributed by atoms with Crippen molar-refractivity contribution < 1.29 is 28.2 Å². The van der Waals surface area contributed by atoms with Crippen LogP contribution in [0.25, 0.3) is 0 Å². The zero-order valence-corrected chi connectivity index (χ0v) is 17.5. The van der Waals surface area contributed by atoms with E-state index in [1.165, 1.54) is 31.0 Å². The first-order valence-corrected chi connectivity index (χ1v) is 10.1. The zero-order valence-electron chi connectivity index (χ0n) is 16.7. The number of halogens is 1. The molecule has 2 rings (SSSR count). The maximum absolute atomic E-state index is 12.8. The summed E-state index contributed by atoms with van der Waals surface area (Å²) in [6.07, 6.45) is 0.100. The topological polar surface area (TPSA) is 93.7 Å². The predicted molar refractivity (Wildman–Crippen MR) is 112 cm³/mol. The van der Waals surface area contributed by atoms with E-state index in [1.54, 1.807) is 24.3 Å². The molecule has 2 aromatic carbocycles. The minimum atomic E-state index is -0.583. The minimum Gasteiger partial charge on any atom is -0.495 e. The first kappa shape index (κ1) is 23.2. The summed E-state index contributed by atoms with van der Waals surface area (Å²) in [5, 5.41) is 5.04. The number of rotatable bonds is 10. The number of anilines is 1. The highest BCUT2D eigenvalue weighted by Gasteiger charge is 2.11. The molecule has 0 aliphatic carbocycles. The summed E-state index contributed by atoms with van der Waals surface area (Å²) in [6.45, 7) is 1.14. The third kappa shape index (κ3) is 8.12. The highest BCUT2D eigenvalue weighted by molar-refractivity contribution is 7.99. The van der Waals surface area contributed by atoms with E-state index in [2.05, 4.69) is 10.6 Å². The van der Waals surface area contributed by atoms with Crippen LogP contribution >= 0.6 is 11.8 Å². The number of amides is 2. The van der Waals surface area contributed by atoms with Gasteiger partial charge in [0.25, 0.3) is 5.91 Å². The monoisotopic (exact) mass is 434 g/mol. The molecule has 0 atom stereocenters. The quantitative estimate of drug-likeness (QED) is 0.441. The molecule has 0 radical (unpaired) electrons. The standard InChI is InChI=1S/C21H23FN2O5S/c1-14-3-8-18(28-2)17(11-14)24-19(25)12-23-20(26)13-29-21(27)9-10-30-16-6-4-15(22)5-7-16/h3-8,11H,9-10,12-13H2,1-2H3,(H,23,26)(H,24,25). The van der Waals surface area contributed by atoms with Gasteiger partial charge in [0, 0.05) is 10.6 Å². The van der Waals surface area contributed by atoms with Gasteiger partial charge in [-0.05, 0) is 48.9 Å². The molecule has 0 aliphatic heterocycles. The van der Waals surface area contributed by atoms with Crippen molar-refractivity contribution >= 4 is 35.2 Å². The molecule has 0 heterocycles. The first-order chi connectivity index (χ1) is 14.4. The van der Waals surface area contributed by atoms with Crippen molar-refractivity contribution in [3.63, 3.8) is 0 Å². The van der Waals surface area contributed by atoms with Crippen LogP contribution in [-0.4, -0.2) is 43.8 Å². The van der Waals surface area contributed by atoms with Crippen molar-refractivity contribution in [3.8, 4) is 5.75 Å². The van der Waals surface area contributed by atoms with E-state index in [1.807, 2.05) is 13.0 Å². The maximum atomic E-state index is 12.8. The number of nitrogens with one attached hydrogen (secondary N) is 2. The Labute approximate surface area is 178 Å². The fourth-order valence-corrected chi connectivity index (χ4v) is 3.18. The van der Waals surface area contributed by atoms with Crippen LogP contribution in [0.2, 0.25) is 0 Å². The van der Waals surface area contributed by atoms with Gasteiger partial charge < -0.3 is 20.1 Å². The summed E-state index contributed by atoms with van der Waals surface area (Å²) in [6, 6.07) is 11.3. The van der Waals surface area contributed by atoms with Crippen molar-refractivity contribution in [1.29, 1.82) is 0 Å². The minimum absolute atomic E-state index is 0.100. The van der Waals surface area contributed by atoms with Crippen LogP contribution in [0.3, 0.4) is 0 Å². The summed E-state index contributed by atoms with van der Waals surface area (Å²) in [4.78, 5) is 36.3. The lowest BCUT2D eigenvalue weighted by Crippen LogP contribution is -2.35. The SMILES string of the molecule is COc1ccc(C)cc1NC(=O)CNC(=O)COC(=O)CCSc1ccc(F)cc1. The molecule has 0 bridgehead atoms. The van der Waals surface area contributed by atoms with Crippen molar-refractivity contribution in [2.24, 2.45) is 0 Å². The van der Waals surface area contributed by atoms with Gasteiger partial charge in [-0.2, -0.15) is 0 Å². The van der Waals surface area contributed by atoms with Crippen molar-refractivity contribution in [2.45, 2.75) is 18.2 Å². The lowest BCUT2D eigenvalue weighted by Gasteiger charge is -2.11. The van der Waals surface area contributed by atoms with Crippen molar-refractivity contribution in [2.75, 3.05) is 31.3 Å². The van der Waals surface area contributed by atoms with E-state index in [-0.39, 0.29) is 18.8 Å². The number of hydrogen-bond donors (Lipinski definition) is 2. The number of benzene rings is 2. The fourth-order valence-electron chi connectivity index (χ4n) is 2.35. The van der Waals surface area contributed by atoms with Crippen LogP contribution in [0.1, 0.15) is 12.0 Å². The second-order valence-corrected chi connectivity index (χ2v) is 7.41. The Hall–Kier alpha value is -3.07. The summed E-state index contributed by atoms with van der Waals surface area (Å²) < 4.78 is 22.9. The lowest BCUT2D eigenvalue weighted by atomic mass is 10.2. The van der Waals surface area contributed by atoms with E-state index in [0.717, 1.165) is 10.5 Å². The number of thioether (sulfide) groups is 1. The van der Waals surface area contributed by atoms with Gasteiger partial charge in [0.2, 0.25) is 5.91 Å². The van der Waals surface area contributed by atoms with E-state index in [0.29, 0.717) is 17.2 Å². The molecule has 0 unspecified atom stereocenters.